The van der Waals surface area contributed by atoms with Crippen molar-refractivity contribution < 1.29 is 13.6 Å². The minimum absolute atomic E-state index is 0.196. The van der Waals surface area contributed by atoms with E-state index in [1.807, 2.05) is 18.4 Å². The lowest BCUT2D eigenvalue weighted by Gasteiger charge is -2.35. The molecule has 0 aliphatic carbocycles. The predicted molar refractivity (Wildman–Crippen MR) is 120 cm³/mol. The summed E-state index contributed by atoms with van der Waals surface area (Å²) < 4.78 is 24.8. The highest BCUT2D eigenvalue weighted by Crippen LogP contribution is 2.38. The van der Waals surface area contributed by atoms with Crippen LogP contribution in [0.2, 0.25) is 0 Å². The summed E-state index contributed by atoms with van der Waals surface area (Å²) in [7, 11) is 0. The van der Waals surface area contributed by atoms with Gasteiger partial charge in [-0.1, -0.05) is 0 Å². The van der Waals surface area contributed by atoms with Crippen molar-refractivity contribution in [3.8, 4) is 22.1 Å². The average Bonchev–Trinajstić information content (AvgIpc) is 3.37. The maximum atomic E-state index is 13.4. The predicted octanol–water partition coefficient (Wildman–Crippen LogP) is 3.99. The maximum Gasteiger partial charge on any atom is 0.336 e. The van der Waals surface area contributed by atoms with Gasteiger partial charge in [0.25, 0.3) is 5.91 Å². The second-order valence-corrected chi connectivity index (χ2v) is 8.68. The third-order valence-corrected chi connectivity index (χ3v) is 6.47. The van der Waals surface area contributed by atoms with Gasteiger partial charge < -0.3 is 13.9 Å². The van der Waals surface area contributed by atoms with Gasteiger partial charge in [-0.05, 0) is 62.6 Å². The summed E-state index contributed by atoms with van der Waals surface area (Å²) in [6.45, 7) is 6.38. The molecule has 1 aromatic carbocycles. The Labute approximate surface area is 192 Å². The Morgan fingerprint density at radius 3 is 2.58 bits per heavy atom. The van der Waals surface area contributed by atoms with E-state index in [1.165, 1.54) is 41.9 Å². The van der Waals surface area contributed by atoms with Crippen molar-refractivity contribution in [3.63, 3.8) is 0 Å². The molecular weight excluding hydrogens is 445 g/mol. The number of aromatic nitrogens is 4. The molecular formula is C23H20FN5O3S. The van der Waals surface area contributed by atoms with Crippen molar-refractivity contribution in [1.82, 2.24) is 23.8 Å². The van der Waals surface area contributed by atoms with E-state index < -0.39 is 11.4 Å². The van der Waals surface area contributed by atoms with Crippen LogP contribution in [0.3, 0.4) is 0 Å². The maximum absolute atomic E-state index is 13.4. The van der Waals surface area contributed by atoms with Crippen LogP contribution in [0.25, 0.3) is 22.1 Å². The first-order valence-corrected chi connectivity index (χ1v) is 11.2. The molecule has 1 amide bonds. The number of nitrogens with zero attached hydrogens (tertiary/aromatic N) is 5. The molecule has 0 radical (unpaired) electrons. The molecule has 0 fully saturated rings. The van der Waals surface area contributed by atoms with Crippen LogP contribution in [-0.2, 0) is 6.54 Å². The number of benzene rings is 1. The van der Waals surface area contributed by atoms with Gasteiger partial charge in [-0.15, -0.1) is 0 Å². The van der Waals surface area contributed by atoms with Crippen molar-refractivity contribution in [3.05, 3.63) is 75.5 Å². The van der Waals surface area contributed by atoms with Crippen LogP contribution in [0.4, 0.5) is 4.39 Å². The molecule has 5 rings (SSSR count). The summed E-state index contributed by atoms with van der Waals surface area (Å²) >= 11 is 1.26. The number of hydrogen-bond acceptors (Lipinski definition) is 7. The van der Waals surface area contributed by atoms with E-state index in [-0.39, 0.29) is 11.9 Å². The number of rotatable bonds is 3. The van der Waals surface area contributed by atoms with E-state index >= 15 is 0 Å². The van der Waals surface area contributed by atoms with E-state index in [1.54, 1.807) is 17.9 Å². The monoisotopic (exact) mass is 465 g/mol. The van der Waals surface area contributed by atoms with Crippen LogP contribution >= 0.6 is 11.5 Å². The smallest absolute Gasteiger partial charge is 0.336 e. The third kappa shape index (κ3) is 3.76. The molecule has 0 saturated heterocycles. The molecule has 4 aromatic rings. The minimum Gasteiger partial charge on any atom is -0.428 e. The van der Waals surface area contributed by atoms with Gasteiger partial charge in [0.05, 0.1) is 17.4 Å². The molecule has 0 spiro atoms. The normalized spacial score (nSPS) is 15.5. The Bertz CT molecular complexity index is 1420. The van der Waals surface area contributed by atoms with E-state index in [4.69, 9.17) is 9.40 Å². The Kier molecular flexibility index (Phi) is 5.16. The number of fused-ring (bicyclic) bond motifs is 1. The van der Waals surface area contributed by atoms with Gasteiger partial charge in [-0.25, -0.2) is 19.2 Å². The lowest BCUT2D eigenvalue weighted by Crippen LogP contribution is -2.41. The fourth-order valence-corrected chi connectivity index (χ4v) is 4.88. The molecule has 1 atom stereocenters. The second kappa shape index (κ2) is 8.04. The van der Waals surface area contributed by atoms with Gasteiger partial charge in [0.1, 0.15) is 17.4 Å². The topological polar surface area (TPSA) is 94.1 Å². The van der Waals surface area contributed by atoms with E-state index in [0.717, 1.165) is 5.69 Å². The molecule has 10 heteroatoms. The van der Waals surface area contributed by atoms with Crippen LogP contribution < -0.4 is 5.63 Å². The van der Waals surface area contributed by atoms with Crippen molar-refractivity contribution in [2.75, 3.05) is 6.54 Å². The molecule has 0 N–H and O–H groups in total. The number of amides is 1. The number of aryl methyl sites for hydroxylation is 2. The van der Waals surface area contributed by atoms with Crippen molar-refractivity contribution in [2.24, 2.45) is 0 Å². The van der Waals surface area contributed by atoms with Crippen LogP contribution in [0.5, 0.6) is 0 Å². The number of carbonyl (C=O) groups is 1. The largest absolute Gasteiger partial charge is 0.428 e. The highest BCUT2D eigenvalue weighted by Gasteiger charge is 2.35. The fourth-order valence-electron chi connectivity index (χ4n) is 4.21. The third-order valence-electron chi connectivity index (χ3n) is 5.67. The quantitative estimate of drug-likeness (QED) is 0.454. The first-order valence-electron chi connectivity index (χ1n) is 10.4. The Balaban J connectivity index is 1.65. The van der Waals surface area contributed by atoms with Crippen molar-refractivity contribution in [1.29, 1.82) is 0 Å². The van der Waals surface area contributed by atoms with Crippen molar-refractivity contribution >= 4 is 17.4 Å². The van der Waals surface area contributed by atoms with Gasteiger partial charge in [0.2, 0.25) is 0 Å². The lowest BCUT2D eigenvalue weighted by atomic mass is 10.0. The molecule has 168 valence electrons. The number of carbonyl (C=O) groups excluding carboxylic acids is 1. The SMILES string of the molecule is Cc1nsc(-c2nc(-c3cc(C)oc(=O)c3)c3n2CCN(C(=O)c2ccc(F)cc2)C3C)n1. The molecule has 4 heterocycles. The Morgan fingerprint density at radius 2 is 1.91 bits per heavy atom. The summed E-state index contributed by atoms with van der Waals surface area (Å²) in [6.07, 6.45) is 0. The molecule has 33 heavy (non-hydrogen) atoms. The average molecular weight is 466 g/mol. The van der Waals surface area contributed by atoms with Crippen LogP contribution in [-0.4, -0.2) is 36.3 Å². The molecule has 1 aliphatic heterocycles. The van der Waals surface area contributed by atoms with Crippen molar-refractivity contribution in [2.45, 2.75) is 33.4 Å². The van der Waals surface area contributed by atoms with Gasteiger partial charge in [0, 0.05) is 30.3 Å². The Morgan fingerprint density at radius 1 is 1.15 bits per heavy atom. The zero-order valence-corrected chi connectivity index (χ0v) is 19.0. The van der Waals surface area contributed by atoms with Gasteiger partial charge in [-0.2, -0.15) is 4.37 Å². The lowest BCUT2D eigenvalue weighted by molar-refractivity contribution is 0.0645. The summed E-state index contributed by atoms with van der Waals surface area (Å²) in [5.74, 6) is 1.18. The van der Waals surface area contributed by atoms with Crippen LogP contribution in [0.15, 0.2) is 45.6 Å². The number of halogens is 1. The minimum atomic E-state index is -0.470. The standard InChI is InChI=1S/C23H20FN5O3S/c1-12-10-16(11-18(30)32-12)19-20-13(2)28(23(31)15-4-6-17(24)7-5-15)8-9-29(20)21(26-19)22-25-14(3)27-33-22/h4-7,10-11,13H,8-9H2,1-3H3. The van der Waals surface area contributed by atoms with Gasteiger partial charge in [-0.3, -0.25) is 4.79 Å². The number of hydrogen-bond donors (Lipinski definition) is 0. The molecule has 0 bridgehead atoms. The summed E-state index contributed by atoms with van der Waals surface area (Å²) in [4.78, 5) is 36.4. The molecule has 1 unspecified atom stereocenters. The van der Waals surface area contributed by atoms with Crippen LogP contribution in [0, 0.1) is 19.7 Å². The van der Waals surface area contributed by atoms with E-state index in [2.05, 4.69) is 9.36 Å². The molecule has 0 saturated carbocycles. The van der Waals surface area contributed by atoms with E-state index in [0.29, 0.717) is 52.3 Å². The molecule has 3 aromatic heterocycles. The first-order chi connectivity index (χ1) is 15.8. The molecule has 8 nitrogen and oxygen atoms in total. The first kappa shape index (κ1) is 21.2. The number of imidazole rings is 1. The highest BCUT2D eigenvalue weighted by atomic mass is 32.1. The summed E-state index contributed by atoms with van der Waals surface area (Å²) in [6, 6.07) is 8.33. The zero-order chi connectivity index (χ0) is 23.3. The summed E-state index contributed by atoms with van der Waals surface area (Å²) in [5.41, 5.74) is 1.95. The van der Waals surface area contributed by atoms with Gasteiger partial charge in [0.15, 0.2) is 10.8 Å². The van der Waals surface area contributed by atoms with Gasteiger partial charge >= 0.3 is 5.63 Å². The zero-order valence-electron chi connectivity index (χ0n) is 18.2. The molecule has 1 aliphatic rings. The Hall–Kier alpha value is -3.66. The van der Waals surface area contributed by atoms with E-state index in [9.17, 15) is 14.0 Å². The van der Waals surface area contributed by atoms with Crippen LogP contribution in [0.1, 0.15) is 40.6 Å². The second-order valence-electron chi connectivity index (χ2n) is 7.92. The highest BCUT2D eigenvalue weighted by molar-refractivity contribution is 7.09. The summed E-state index contributed by atoms with van der Waals surface area (Å²) in [5, 5.41) is 0.671. The fraction of sp³-hybridized carbons (Fsp3) is 0.261.